The summed E-state index contributed by atoms with van der Waals surface area (Å²) in [4.78, 5) is 0. The Morgan fingerprint density at radius 3 is 2.25 bits per heavy atom. The van der Waals surface area contributed by atoms with Gasteiger partial charge in [-0.15, -0.1) is 0 Å². The topological polar surface area (TPSA) is 9.23 Å². The summed E-state index contributed by atoms with van der Waals surface area (Å²) in [6, 6.07) is 0.886. The summed E-state index contributed by atoms with van der Waals surface area (Å²) in [7, 11) is 1.20. The second-order valence-corrected chi connectivity index (χ2v) is 2.34. The van der Waals surface area contributed by atoms with E-state index in [4.69, 9.17) is 0 Å². The summed E-state index contributed by atoms with van der Waals surface area (Å²) < 4.78 is 42.3. The zero-order valence-electron chi connectivity index (χ0n) is 6.62. The van der Waals surface area contributed by atoms with Crippen molar-refractivity contribution >= 4 is 0 Å². The molecule has 4 heteroatoms. The Morgan fingerprint density at radius 2 is 1.75 bits per heavy atom. The van der Waals surface area contributed by atoms with E-state index in [0.717, 1.165) is 6.07 Å². The van der Waals surface area contributed by atoms with Crippen LogP contribution in [0.1, 0.15) is 5.56 Å². The summed E-state index contributed by atoms with van der Waals surface area (Å²) in [6.07, 6.45) is 0. The highest BCUT2D eigenvalue weighted by atomic mass is 19.2. The second-order valence-electron chi connectivity index (χ2n) is 2.34. The quantitative estimate of drug-likeness (QED) is 0.597. The largest absolute Gasteiger partial charge is 0.493 e. The molecule has 0 unspecified atom stereocenters. The van der Waals surface area contributed by atoms with E-state index in [1.807, 2.05) is 0 Å². The first-order chi connectivity index (χ1) is 5.57. The molecule has 0 aliphatic heterocycles. The molecule has 1 nitrogen and oxygen atoms in total. The predicted molar refractivity (Wildman–Crippen MR) is 37.6 cm³/mol. The molecule has 0 atom stereocenters. The maximum Gasteiger partial charge on any atom is 0.203 e. The molecule has 0 bridgehead atoms. The molecular formula is C8H7F3O. The highest BCUT2D eigenvalue weighted by Crippen LogP contribution is 2.25. The molecule has 0 amide bonds. The molecule has 0 fully saturated rings. The van der Waals surface area contributed by atoms with E-state index in [-0.39, 0.29) is 11.3 Å². The van der Waals surface area contributed by atoms with Crippen LogP contribution in [0.3, 0.4) is 0 Å². The van der Waals surface area contributed by atoms with Crippen LogP contribution < -0.4 is 4.74 Å². The molecule has 1 aromatic carbocycles. The lowest BCUT2D eigenvalue weighted by molar-refractivity contribution is 0.357. The number of methoxy groups -OCH3 is 1. The zero-order chi connectivity index (χ0) is 9.30. The van der Waals surface area contributed by atoms with Gasteiger partial charge in [-0.25, -0.2) is 8.78 Å². The number of halogens is 3. The van der Waals surface area contributed by atoms with E-state index >= 15 is 0 Å². The molecule has 0 spiro atoms. The number of benzene rings is 1. The van der Waals surface area contributed by atoms with Crippen LogP contribution in [0.2, 0.25) is 0 Å². The third-order valence-electron chi connectivity index (χ3n) is 1.51. The van der Waals surface area contributed by atoms with Gasteiger partial charge in [-0.05, 0) is 18.6 Å². The fraction of sp³-hybridized carbons (Fsp3) is 0.250. The van der Waals surface area contributed by atoms with Crippen LogP contribution in [0.25, 0.3) is 0 Å². The number of hydrogen-bond acceptors (Lipinski definition) is 1. The van der Waals surface area contributed by atoms with Crippen molar-refractivity contribution < 1.29 is 17.9 Å². The molecule has 1 rings (SSSR count). The minimum Gasteiger partial charge on any atom is -0.493 e. The van der Waals surface area contributed by atoms with Gasteiger partial charge in [0.2, 0.25) is 5.82 Å². The summed E-state index contributed by atoms with van der Waals surface area (Å²) in [5.74, 6) is -4.24. The number of aryl methyl sites for hydroxylation is 1. The van der Waals surface area contributed by atoms with E-state index in [2.05, 4.69) is 4.74 Å². The molecule has 0 aliphatic rings. The average molecular weight is 176 g/mol. The van der Waals surface area contributed by atoms with E-state index in [1.165, 1.54) is 14.0 Å². The Labute approximate surface area is 67.8 Å². The van der Waals surface area contributed by atoms with Gasteiger partial charge in [0, 0.05) is 0 Å². The Morgan fingerprint density at radius 1 is 1.17 bits per heavy atom. The van der Waals surface area contributed by atoms with Gasteiger partial charge in [0.05, 0.1) is 7.11 Å². The predicted octanol–water partition coefficient (Wildman–Crippen LogP) is 2.42. The van der Waals surface area contributed by atoms with Crippen molar-refractivity contribution in [3.8, 4) is 5.75 Å². The van der Waals surface area contributed by atoms with Crippen LogP contribution in [0.5, 0.6) is 5.75 Å². The average Bonchev–Trinajstić information content (AvgIpc) is 2.01. The van der Waals surface area contributed by atoms with Gasteiger partial charge in [0.1, 0.15) is 0 Å². The van der Waals surface area contributed by atoms with Crippen LogP contribution in [0.4, 0.5) is 13.2 Å². The number of ether oxygens (including phenoxy) is 1. The molecule has 0 saturated carbocycles. The second kappa shape index (κ2) is 3.05. The van der Waals surface area contributed by atoms with Gasteiger partial charge < -0.3 is 4.74 Å². The molecule has 0 heterocycles. The van der Waals surface area contributed by atoms with E-state index in [0.29, 0.717) is 0 Å². The van der Waals surface area contributed by atoms with Crippen molar-refractivity contribution in [2.75, 3.05) is 7.11 Å². The lowest BCUT2D eigenvalue weighted by Crippen LogP contribution is -1.98. The van der Waals surface area contributed by atoms with Gasteiger partial charge in [-0.3, -0.25) is 0 Å². The summed E-state index contributed by atoms with van der Waals surface area (Å²) in [6.45, 7) is 1.43. The zero-order valence-corrected chi connectivity index (χ0v) is 6.62. The summed E-state index contributed by atoms with van der Waals surface area (Å²) >= 11 is 0. The Bertz CT molecular complexity index is 310. The molecule has 0 radical (unpaired) electrons. The van der Waals surface area contributed by atoms with Crippen LogP contribution in [0.15, 0.2) is 6.07 Å². The summed E-state index contributed by atoms with van der Waals surface area (Å²) in [5.41, 5.74) is 0.230. The Hall–Kier alpha value is -1.19. The van der Waals surface area contributed by atoms with Gasteiger partial charge in [-0.2, -0.15) is 4.39 Å². The van der Waals surface area contributed by atoms with Gasteiger partial charge in [-0.1, -0.05) is 0 Å². The minimum absolute atomic E-state index is 0.230. The molecule has 0 saturated heterocycles. The summed E-state index contributed by atoms with van der Waals surface area (Å²) in [5, 5.41) is 0. The van der Waals surface area contributed by atoms with Crippen molar-refractivity contribution in [1.82, 2.24) is 0 Å². The third-order valence-corrected chi connectivity index (χ3v) is 1.51. The van der Waals surface area contributed by atoms with Gasteiger partial charge in [0.15, 0.2) is 17.4 Å². The van der Waals surface area contributed by atoms with Crippen LogP contribution in [0, 0.1) is 24.4 Å². The molecule has 1 aromatic rings. The van der Waals surface area contributed by atoms with Crippen molar-refractivity contribution in [1.29, 1.82) is 0 Å². The minimum atomic E-state index is -1.50. The third kappa shape index (κ3) is 1.24. The number of rotatable bonds is 1. The molecule has 0 N–H and O–H groups in total. The monoisotopic (exact) mass is 176 g/mol. The molecular weight excluding hydrogens is 169 g/mol. The maximum absolute atomic E-state index is 12.8. The lowest BCUT2D eigenvalue weighted by atomic mass is 10.2. The van der Waals surface area contributed by atoms with Crippen LogP contribution in [-0.2, 0) is 0 Å². The molecule has 66 valence electrons. The van der Waals surface area contributed by atoms with Crippen molar-refractivity contribution in [3.63, 3.8) is 0 Å². The van der Waals surface area contributed by atoms with E-state index in [1.54, 1.807) is 0 Å². The standard InChI is InChI=1S/C8H7F3O/c1-4-3-5(9)6(10)7(11)8(4)12-2/h3H,1-2H3. The van der Waals surface area contributed by atoms with E-state index < -0.39 is 17.5 Å². The van der Waals surface area contributed by atoms with Crippen LogP contribution >= 0.6 is 0 Å². The maximum atomic E-state index is 12.8. The highest BCUT2D eigenvalue weighted by molar-refractivity contribution is 5.35. The first-order valence-electron chi connectivity index (χ1n) is 3.26. The van der Waals surface area contributed by atoms with Gasteiger partial charge in [0.25, 0.3) is 0 Å². The van der Waals surface area contributed by atoms with Crippen molar-refractivity contribution in [2.24, 2.45) is 0 Å². The van der Waals surface area contributed by atoms with Gasteiger partial charge >= 0.3 is 0 Å². The highest BCUT2D eigenvalue weighted by Gasteiger charge is 2.16. The smallest absolute Gasteiger partial charge is 0.203 e. The first-order valence-corrected chi connectivity index (χ1v) is 3.26. The normalized spacial score (nSPS) is 10.1. The Kier molecular flexibility index (Phi) is 2.26. The first kappa shape index (κ1) is 8.90. The van der Waals surface area contributed by atoms with Crippen LogP contribution in [-0.4, -0.2) is 7.11 Å². The molecule has 12 heavy (non-hydrogen) atoms. The molecule has 0 aromatic heterocycles. The van der Waals surface area contributed by atoms with Crippen molar-refractivity contribution in [2.45, 2.75) is 6.92 Å². The van der Waals surface area contributed by atoms with Crippen molar-refractivity contribution in [3.05, 3.63) is 29.1 Å². The SMILES string of the molecule is COc1c(C)cc(F)c(F)c1F. The number of hydrogen-bond donors (Lipinski definition) is 0. The molecule has 0 aliphatic carbocycles. The fourth-order valence-corrected chi connectivity index (χ4v) is 0.947. The van der Waals surface area contributed by atoms with E-state index in [9.17, 15) is 13.2 Å². The fourth-order valence-electron chi connectivity index (χ4n) is 0.947. The Balaban J connectivity index is 3.40. The lowest BCUT2D eigenvalue weighted by Gasteiger charge is -2.06.